The second-order valence-corrected chi connectivity index (χ2v) is 4.54. The van der Waals surface area contributed by atoms with Gasteiger partial charge in [-0.05, 0) is 61.9 Å². The molecule has 1 aromatic rings. The highest BCUT2D eigenvalue weighted by Crippen LogP contribution is 2.21. The molecular weight excluding hydrogens is 226 g/mol. The third kappa shape index (κ3) is 4.31. The summed E-state index contributed by atoms with van der Waals surface area (Å²) in [6, 6.07) is 6.28. The molecule has 3 N–H and O–H groups in total. The topological polar surface area (TPSA) is 55.5 Å². The van der Waals surface area contributed by atoms with Crippen LogP contribution in [0.2, 0.25) is 0 Å². The van der Waals surface area contributed by atoms with Crippen LogP contribution < -0.4 is 10.5 Å². The van der Waals surface area contributed by atoms with E-state index in [1.165, 1.54) is 11.1 Å². The Morgan fingerprint density at radius 3 is 2.61 bits per heavy atom. The van der Waals surface area contributed by atoms with Crippen LogP contribution >= 0.6 is 0 Å². The fraction of sp³-hybridized carbons (Fsp3) is 0.600. The van der Waals surface area contributed by atoms with Gasteiger partial charge < -0.3 is 15.6 Å². The van der Waals surface area contributed by atoms with Gasteiger partial charge in [-0.1, -0.05) is 13.0 Å². The molecule has 0 spiro atoms. The van der Waals surface area contributed by atoms with Crippen molar-refractivity contribution in [3.05, 3.63) is 29.3 Å². The molecule has 1 atom stereocenters. The van der Waals surface area contributed by atoms with Crippen LogP contribution in [0.15, 0.2) is 18.2 Å². The summed E-state index contributed by atoms with van der Waals surface area (Å²) in [7, 11) is 0. The van der Waals surface area contributed by atoms with Crippen LogP contribution in [0.5, 0.6) is 5.75 Å². The van der Waals surface area contributed by atoms with Gasteiger partial charge in [-0.15, -0.1) is 0 Å². The first-order valence-corrected chi connectivity index (χ1v) is 6.80. The van der Waals surface area contributed by atoms with Crippen LogP contribution in [0.1, 0.15) is 31.4 Å². The van der Waals surface area contributed by atoms with Crippen molar-refractivity contribution in [2.24, 2.45) is 11.7 Å². The Morgan fingerprint density at radius 1 is 1.28 bits per heavy atom. The van der Waals surface area contributed by atoms with Crippen LogP contribution in [-0.2, 0) is 12.8 Å². The van der Waals surface area contributed by atoms with Crippen molar-refractivity contribution in [1.29, 1.82) is 0 Å². The first-order chi connectivity index (χ1) is 8.74. The maximum Gasteiger partial charge on any atom is 0.119 e. The molecule has 0 saturated heterocycles. The van der Waals surface area contributed by atoms with Gasteiger partial charge in [0.15, 0.2) is 0 Å². The number of ether oxygens (including phenoxy) is 1. The molecule has 0 fully saturated rings. The number of aryl methyl sites for hydroxylation is 2. The normalized spacial score (nSPS) is 12.4. The van der Waals surface area contributed by atoms with E-state index in [0.29, 0.717) is 13.2 Å². The van der Waals surface area contributed by atoms with Gasteiger partial charge in [-0.25, -0.2) is 0 Å². The van der Waals surface area contributed by atoms with Crippen LogP contribution in [0.3, 0.4) is 0 Å². The van der Waals surface area contributed by atoms with Crippen molar-refractivity contribution in [2.45, 2.75) is 33.1 Å². The zero-order chi connectivity index (χ0) is 13.4. The summed E-state index contributed by atoms with van der Waals surface area (Å²) in [5.41, 5.74) is 8.27. The van der Waals surface area contributed by atoms with Crippen LogP contribution in [0, 0.1) is 5.92 Å². The molecule has 1 rings (SSSR count). The van der Waals surface area contributed by atoms with Crippen molar-refractivity contribution in [1.82, 2.24) is 0 Å². The van der Waals surface area contributed by atoms with Gasteiger partial charge >= 0.3 is 0 Å². The Balaban J connectivity index is 2.70. The van der Waals surface area contributed by atoms with Crippen molar-refractivity contribution >= 4 is 0 Å². The molecule has 3 heteroatoms. The monoisotopic (exact) mass is 251 g/mol. The fourth-order valence-electron chi connectivity index (χ4n) is 2.08. The molecule has 0 aromatic heterocycles. The van der Waals surface area contributed by atoms with Gasteiger partial charge in [0.25, 0.3) is 0 Å². The summed E-state index contributed by atoms with van der Waals surface area (Å²) in [6.07, 6.45) is 2.91. The minimum atomic E-state index is 0.176. The average molecular weight is 251 g/mol. The van der Waals surface area contributed by atoms with E-state index in [0.717, 1.165) is 25.0 Å². The Hall–Kier alpha value is -1.06. The largest absolute Gasteiger partial charge is 0.494 e. The van der Waals surface area contributed by atoms with E-state index in [4.69, 9.17) is 15.6 Å². The minimum Gasteiger partial charge on any atom is -0.494 e. The Bertz CT molecular complexity index is 348. The number of hydrogen-bond acceptors (Lipinski definition) is 3. The number of benzene rings is 1. The Morgan fingerprint density at radius 2 is 2.06 bits per heavy atom. The van der Waals surface area contributed by atoms with Crippen LogP contribution in [-0.4, -0.2) is 24.9 Å². The standard InChI is InChI=1S/C15H25NO2/c1-3-13-9-15(18-4-2)8-7-14(13)6-5-12(10-16)11-17/h7-9,12,17H,3-6,10-11,16H2,1-2H3. The highest BCUT2D eigenvalue weighted by molar-refractivity contribution is 5.35. The molecule has 0 radical (unpaired) electrons. The predicted molar refractivity (Wildman–Crippen MR) is 74.9 cm³/mol. The molecule has 0 aliphatic rings. The van der Waals surface area contributed by atoms with E-state index in [-0.39, 0.29) is 12.5 Å². The predicted octanol–water partition coefficient (Wildman–Crippen LogP) is 2.15. The number of aliphatic hydroxyl groups excluding tert-OH is 1. The lowest BCUT2D eigenvalue weighted by molar-refractivity contribution is 0.223. The van der Waals surface area contributed by atoms with Crippen LogP contribution in [0.4, 0.5) is 0 Å². The summed E-state index contributed by atoms with van der Waals surface area (Å²) in [5, 5.41) is 9.14. The Kier molecular flexibility index (Phi) is 6.76. The maximum absolute atomic E-state index is 9.14. The molecule has 1 aromatic carbocycles. The second kappa shape index (κ2) is 8.11. The third-order valence-electron chi connectivity index (χ3n) is 3.28. The number of aliphatic hydroxyl groups is 1. The summed E-state index contributed by atoms with van der Waals surface area (Å²) < 4.78 is 5.51. The first kappa shape index (κ1) is 15.0. The van der Waals surface area contributed by atoms with E-state index in [1.807, 2.05) is 13.0 Å². The zero-order valence-corrected chi connectivity index (χ0v) is 11.5. The number of rotatable bonds is 8. The quantitative estimate of drug-likeness (QED) is 0.744. The summed E-state index contributed by atoms with van der Waals surface area (Å²) in [6.45, 7) is 5.57. The molecule has 0 amide bonds. The number of hydrogen-bond donors (Lipinski definition) is 2. The minimum absolute atomic E-state index is 0.176. The van der Waals surface area contributed by atoms with E-state index < -0.39 is 0 Å². The van der Waals surface area contributed by atoms with Crippen molar-refractivity contribution in [3.63, 3.8) is 0 Å². The number of nitrogens with two attached hydrogens (primary N) is 1. The SMILES string of the molecule is CCOc1ccc(CCC(CN)CO)c(CC)c1. The molecule has 0 saturated carbocycles. The average Bonchev–Trinajstić information content (AvgIpc) is 2.41. The van der Waals surface area contributed by atoms with Gasteiger partial charge in [-0.2, -0.15) is 0 Å². The van der Waals surface area contributed by atoms with Gasteiger partial charge in [0, 0.05) is 6.61 Å². The second-order valence-electron chi connectivity index (χ2n) is 4.54. The molecule has 0 heterocycles. The third-order valence-corrected chi connectivity index (χ3v) is 3.28. The van der Waals surface area contributed by atoms with E-state index in [2.05, 4.69) is 19.1 Å². The fourth-order valence-corrected chi connectivity index (χ4v) is 2.08. The van der Waals surface area contributed by atoms with E-state index in [9.17, 15) is 0 Å². The molecular formula is C15H25NO2. The van der Waals surface area contributed by atoms with Gasteiger partial charge in [0.2, 0.25) is 0 Å². The molecule has 0 aliphatic carbocycles. The summed E-state index contributed by atoms with van der Waals surface area (Å²) in [5.74, 6) is 1.15. The molecule has 0 bridgehead atoms. The van der Waals surface area contributed by atoms with Crippen LogP contribution in [0.25, 0.3) is 0 Å². The van der Waals surface area contributed by atoms with Crippen molar-refractivity contribution in [2.75, 3.05) is 19.8 Å². The summed E-state index contributed by atoms with van der Waals surface area (Å²) in [4.78, 5) is 0. The molecule has 3 nitrogen and oxygen atoms in total. The molecule has 1 unspecified atom stereocenters. The van der Waals surface area contributed by atoms with E-state index in [1.54, 1.807) is 0 Å². The molecule has 0 aliphatic heterocycles. The molecule has 18 heavy (non-hydrogen) atoms. The highest BCUT2D eigenvalue weighted by Gasteiger charge is 2.08. The smallest absolute Gasteiger partial charge is 0.119 e. The van der Waals surface area contributed by atoms with Gasteiger partial charge in [-0.3, -0.25) is 0 Å². The van der Waals surface area contributed by atoms with Gasteiger partial charge in [0.1, 0.15) is 5.75 Å². The lowest BCUT2D eigenvalue weighted by Gasteiger charge is -2.14. The lowest BCUT2D eigenvalue weighted by atomic mass is 9.96. The highest BCUT2D eigenvalue weighted by atomic mass is 16.5. The van der Waals surface area contributed by atoms with Crippen molar-refractivity contribution in [3.8, 4) is 5.75 Å². The lowest BCUT2D eigenvalue weighted by Crippen LogP contribution is -2.18. The zero-order valence-electron chi connectivity index (χ0n) is 11.5. The Labute approximate surface area is 110 Å². The molecule has 102 valence electrons. The van der Waals surface area contributed by atoms with Gasteiger partial charge in [0.05, 0.1) is 6.61 Å². The first-order valence-electron chi connectivity index (χ1n) is 6.80. The summed E-state index contributed by atoms with van der Waals surface area (Å²) >= 11 is 0. The maximum atomic E-state index is 9.14. The van der Waals surface area contributed by atoms with E-state index >= 15 is 0 Å². The van der Waals surface area contributed by atoms with Crippen molar-refractivity contribution < 1.29 is 9.84 Å².